The monoisotopic (exact) mass is 418 g/mol. The van der Waals surface area contributed by atoms with Crippen LogP contribution in [0.15, 0.2) is 60.2 Å². The molecule has 0 heterocycles. The van der Waals surface area contributed by atoms with Crippen LogP contribution in [0.2, 0.25) is 0 Å². The van der Waals surface area contributed by atoms with E-state index in [2.05, 4.69) is 73.7 Å². The molecule has 2 aliphatic carbocycles. The number of hydrogen-bond donors (Lipinski definition) is 0. The van der Waals surface area contributed by atoms with E-state index in [4.69, 9.17) is 0 Å². The fourth-order valence-electron chi connectivity index (χ4n) is 2.61. The average Bonchev–Trinajstić information content (AvgIpc) is 3.19. The van der Waals surface area contributed by atoms with E-state index in [1.165, 1.54) is 27.5 Å². The van der Waals surface area contributed by atoms with Crippen LogP contribution < -0.4 is 24.8 Å². The van der Waals surface area contributed by atoms with E-state index in [1.807, 2.05) is 0 Å². The van der Waals surface area contributed by atoms with Crippen molar-refractivity contribution >= 4 is 10.8 Å². The molecule has 0 bridgehead atoms. The Morgan fingerprint density at radius 1 is 1.04 bits per heavy atom. The molecule has 0 fully saturated rings. The molecule has 0 aliphatic heterocycles. The molecule has 2 aromatic rings. The summed E-state index contributed by atoms with van der Waals surface area (Å²) in [7, 11) is 0. The third-order valence-electron chi connectivity index (χ3n) is 3.73. The Bertz CT molecular complexity index is 715. The van der Waals surface area contributed by atoms with Crippen LogP contribution in [0.1, 0.15) is 30.9 Å². The summed E-state index contributed by atoms with van der Waals surface area (Å²) < 4.78 is 0. The summed E-state index contributed by atoms with van der Waals surface area (Å²) in [6, 6.07) is 12.9. The predicted octanol–water partition coefficient (Wildman–Crippen LogP) is -0.805. The first kappa shape index (κ1) is 22.4. The smallest absolute Gasteiger partial charge is 1.00 e. The Labute approximate surface area is 170 Å². The van der Waals surface area contributed by atoms with Crippen LogP contribution in [-0.2, 0) is 32.6 Å². The molecular weight excluding hydrogens is 402 g/mol. The van der Waals surface area contributed by atoms with Crippen LogP contribution in [0.4, 0.5) is 0 Å². The molecule has 116 valence electrons. The fourth-order valence-corrected chi connectivity index (χ4v) is 2.61. The van der Waals surface area contributed by atoms with Gasteiger partial charge >= 0.3 is 26.2 Å². The minimum atomic E-state index is 0. The Balaban J connectivity index is 0.000000426. The van der Waals surface area contributed by atoms with E-state index >= 15 is 0 Å². The van der Waals surface area contributed by atoms with Gasteiger partial charge in [0.15, 0.2) is 0 Å². The van der Waals surface area contributed by atoms with Gasteiger partial charge in [-0.1, -0.05) is 49.4 Å². The van der Waals surface area contributed by atoms with Crippen molar-refractivity contribution in [2.45, 2.75) is 26.2 Å². The number of halogens is 2. The zero-order valence-electron chi connectivity index (χ0n) is 13.1. The second-order valence-electron chi connectivity index (χ2n) is 5.04. The fraction of sp³-hybridized carbons (Fsp3) is 0.200. The normalized spacial score (nSPS) is 13.0. The number of allylic oxidation sites excluding steroid dienone is 5. The summed E-state index contributed by atoms with van der Waals surface area (Å²) in [5, 5.41) is 2.64. The molecule has 0 amide bonds. The third kappa shape index (κ3) is 5.45. The SMILES string of the molecule is CCC1=[C-]CC=C1.[C-]1=CCc2ccc3ccccc3c21.[Cl-].[Cl-].[Zr+4]. The molecule has 0 atom stereocenters. The molecule has 0 nitrogen and oxygen atoms in total. The van der Waals surface area contributed by atoms with Crippen LogP contribution in [0, 0.1) is 12.2 Å². The van der Waals surface area contributed by atoms with Crippen molar-refractivity contribution in [1.82, 2.24) is 0 Å². The Morgan fingerprint density at radius 3 is 2.48 bits per heavy atom. The Hall–Kier alpha value is -0.617. The maximum absolute atomic E-state index is 3.32. The third-order valence-corrected chi connectivity index (χ3v) is 3.73. The molecular formula is C20H18Cl2Zr. The van der Waals surface area contributed by atoms with E-state index in [-0.39, 0.29) is 51.0 Å². The maximum atomic E-state index is 3.32. The molecule has 0 N–H and O–H groups in total. The second-order valence-corrected chi connectivity index (χ2v) is 5.04. The van der Waals surface area contributed by atoms with Gasteiger partial charge in [0.05, 0.1) is 0 Å². The van der Waals surface area contributed by atoms with Gasteiger partial charge in [-0.2, -0.15) is 23.8 Å². The van der Waals surface area contributed by atoms with Crippen LogP contribution in [0.3, 0.4) is 0 Å². The summed E-state index contributed by atoms with van der Waals surface area (Å²) in [5.41, 5.74) is 4.05. The quantitative estimate of drug-likeness (QED) is 0.530. The van der Waals surface area contributed by atoms with E-state index < -0.39 is 0 Å². The molecule has 2 aliphatic rings. The summed E-state index contributed by atoms with van der Waals surface area (Å²) in [4.78, 5) is 0. The summed E-state index contributed by atoms with van der Waals surface area (Å²) in [6.07, 6.45) is 16.1. The largest absolute Gasteiger partial charge is 4.00 e. The minimum absolute atomic E-state index is 0. The van der Waals surface area contributed by atoms with Crippen molar-refractivity contribution in [2.24, 2.45) is 0 Å². The standard InChI is InChI=1S/C13H9.C7H9.2ClH.Zr/c1-2-6-12-10(4-1)8-9-11-5-3-7-13(11)12;1-2-7-5-3-4-6-7;;;/h1-4,6,8-9H,5H2;3,5H,2,4H2,1H3;2*1H;/q2*-1;;;+4/p-2. The van der Waals surface area contributed by atoms with Crippen LogP contribution in [0.25, 0.3) is 10.8 Å². The maximum Gasteiger partial charge on any atom is 4.00 e. The molecule has 0 saturated carbocycles. The molecule has 0 saturated heterocycles. The summed E-state index contributed by atoms with van der Waals surface area (Å²) in [6.45, 7) is 2.15. The van der Waals surface area contributed by atoms with Gasteiger partial charge in [0.25, 0.3) is 0 Å². The average molecular weight is 420 g/mol. The number of benzene rings is 2. The van der Waals surface area contributed by atoms with Gasteiger partial charge in [-0.25, -0.2) is 11.6 Å². The van der Waals surface area contributed by atoms with E-state index in [0.717, 1.165) is 19.3 Å². The van der Waals surface area contributed by atoms with Gasteiger partial charge in [-0.05, 0) is 0 Å². The van der Waals surface area contributed by atoms with Gasteiger partial charge < -0.3 is 24.8 Å². The van der Waals surface area contributed by atoms with Crippen LogP contribution in [0.5, 0.6) is 0 Å². The Kier molecular flexibility index (Phi) is 10.7. The van der Waals surface area contributed by atoms with Gasteiger partial charge in [-0.3, -0.25) is 6.08 Å². The zero-order chi connectivity index (χ0) is 13.8. The molecule has 0 spiro atoms. The van der Waals surface area contributed by atoms with Crippen molar-refractivity contribution in [1.29, 1.82) is 0 Å². The minimum Gasteiger partial charge on any atom is -1.00 e. The number of hydrogen-bond acceptors (Lipinski definition) is 0. The number of rotatable bonds is 1. The molecule has 0 aromatic heterocycles. The van der Waals surface area contributed by atoms with E-state index in [0.29, 0.717) is 0 Å². The molecule has 23 heavy (non-hydrogen) atoms. The van der Waals surface area contributed by atoms with Crippen LogP contribution >= 0.6 is 0 Å². The van der Waals surface area contributed by atoms with Gasteiger partial charge in [0, 0.05) is 0 Å². The first-order valence-corrected chi connectivity index (χ1v) is 7.23. The van der Waals surface area contributed by atoms with Gasteiger partial charge in [-0.15, -0.1) is 29.5 Å². The first-order chi connectivity index (χ1) is 9.88. The summed E-state index contributed by atoms with van der Waals surface area (Å²) in [5.74, 6) is 0. The van der Waals surface area contributed by atoms with E-state index in [1.54, 1.807) is 0 Å². The van der Waals surface area contributed by atoms with Crippen molar-refractivity contribution in [3.05, 3.63) is 83.5 Å². The second kappa shape index (κ2) is 11.0. The first-order valence-electron chi connectivity index (χ1n) is 7.23. The van der Waals surface area contributed by atoms with Gasteiger partial charge in [0.1, 0.15) is 0 Å². The summed E-state index contributed by atoms with van der Waals surface area (Å²) >= 11 is 0. The molecule has 2 aromatic carbocycles. The van der Waals surface area contributed by atoms with Gasteiger partial charge in [0.2, 0.25) is 0 Å². The Morgan fingerprint density at radius 2 is 1.83 bits per heavy atom. The molecule has 0 unspecified atom stereocenters. The molecule has 3 heteroatoms. The molecule has 4 rings (SSSR count). The van der Waals surface area contributed by atoms with Crippen LogP contribution in [-0.4, -0.2) is 0 Å². The number of fused-ring (bicyclic) bond motifs is 3. The van der Waals surface area contributed by atoms with Crippen molar-refractivity contribution in [2.75, 3.05) is 0 Å². The zero-order valence-corrected chi connectivity index (χ0v) is 17.0. The van der Waals surface area contributed by atoms with Crippen molar-refractivity contribution < 1.29 is 51.0 Å². The predicted molar refractivity (Wildman–Crippen MR) is 85.4 cm³/mol. The van der Waals surface area contributed by atoms with Crippen molar-refractivity contribution in [3.63, 3.8) is 0 Å². The van der Waals surface area contributed by atoms with Crippen molar-refractivity contribution in [3.8, 4) is 0 Å². The van der Waals surface area contributed by atoms with E-state index in [9.17, 15) is 0 Å². The molecule has 0 radical (unpaired) electrons. The topological polar surface area (TPSA) is 0 Å².